The van der Waals surface area contributed by atoms with Gasteiger partial charge in [-0.1, -0.05) is 57.2 Å². The molecule has 0 unspecified atom stereocenters. The summed E-state index contributed by atoms with van der Waals surface area (Å²) in [5, 5.41) is 10.8. The van der Waals surface area contributed by atoms with Gasteiger partial charge in [0.1, 0.15) is 11.6 Å². The Balaban J connectivity index is 1.55. The number of carbonyl (C=O) groups excluding carboxylic acids is 1. The molecule has 2 amide bonds. The van der Waals surface area contributed by atoms with Crippen molar-refractivity contribution in [3.8, 4) is 5.69 Å². The Bertz CT molecular complexity index is 1140. The predicted molar refractivity (Wildman–Crippen MR) is 136 cm³/mol. The third-order valence-electron chi connectivity index (χ3n) is 6.32. The molecule has 186 valence electrons. The number of hydrogen-bond acceptors (Lipinski definition) is 4. The van der Waals surface area contributed by atoms with Crippen molar-refractivity contribution >= 4 is 11.8 Å². The van der Waals surface area contributed by atoms with Gasteiger partial charge in [-0.2, -0.15) is 5.10 Å². The molecule has 3 aromatic rings. The van der Waals surface area contributed by atoms with E-state index in [1.807, 2.05) is 45.0 Å². The van der Waals surface area contributed by atoms with Crippen molar-refractivity contribution in [2.45, 2.75) is 38.1 Å². The Morgan fingerprint density at radius 2 is 1.89 bits per heavy atom. The summed E-state index contributed by atoms with van der Waals surface area (Å²) in [7, 11) is 1.70. The van der Waals surface area contributed by atoms with E-state index in [0.29, 0.717) is 18.1 Å². The molecule has 0 spiro atoms. The molecular formula is C27H34FN5O2. The summed E-state index contributed by atoms with van der Waals surface area (Å²) < 4.78 is 20.8. The lowest BCUT2D eigenvalue weighted by Crippen LogP contribution is -2.42. The van der Waals surface area contributed by atoms with E-state index < -0.39 is 0 Å². The minimum absolute atomic E-state index is 0.0677. The molecule has 1 fully saturated rings. The number of carbonyl (C=O) groups is 1. The van der Waals surface area contributed by atoms with Crippen molar-refractivity contribution < 1.29 is 13.9 Å². The van der Waals surface area contributed by atoms with E-state index in [4.69, 9.17) is 4.74 Å². The van der Waals surface area contributed by atoms with Crippen LogP contribution in [0.15, 0.2) is 60.7 Å². The highest BCUT2D eigenvalue weighted by Gasteiger charge is 2.35. The van der Waals surface area contributed by atoms with Gasteiger partial charge in [-0.15, -0.1) is 0 Å². The van der Waals surface area contributed by atoms with Gasteiger partial charge in [-0.3, -0.25) is 10.2 Å². The predicted octanol–water partition coefficient (Wildman–Crippen LogP) is 4.54. The third kappa shape index (κ3) is 6.07. The minimum atomic E-state index is -0.362. The number of likely N-dealkylation sites (tertiary alicyclic amines) is 1. The van der Waals surface area contributed by atoms with Gasteiger partial charge in [-0.05, 0) is 23.8 Å². The molecule has 2 N–H and O–H groups in total. The van der Waals surface area contributed by atoms with Crippen LogP contribution in [0.25, 0.3) is 5.69 Å². The van der Waals surface area contributed by atoms with Crippen molar-refractivity contribution in [1.29, 1.82) is 0 Å². The van der Waals surface area contributed by atoms with Crippen LogP contribution in [0.2, 0.25) is 0 Å². The molecule has 7 nitrogen and oxygen atoms in total. The molecule has 1 aromatic heterocycles. The van der Waals surface area contributed by atoms with Crippen LogP contribution in [0.5, 0.6) is 0 Å². The Kier molecular flexibility index (Phi) is 7.52. The lowest BCUT2D eigenvalue weighted by molar-refractivity contribution is 0.159. The number of aromatic nitrogens is 2. The number of rotatable bonds is 7. The average Bonchev–Trinajstić information content (AvgIpc) is 3.42. The van der Waals surface area contributed by atoms with E-state index in [0.717, 1.165) is 25.3 Å². The van der Waals surface area contributed by atoms with Crippen LogP contribution in [0.1, 0.15) is 37.9 Å². The van der Waals surface area contributed by atoms with E-state index in [2.05, 4.69) is 32.8 Å². The summed E-state index contributed by atoms with van der Waals surface area (Å²) in [5.41, 5.74) is 2.30. The number of urea groups is 1. The number of hydrogen-bond donors (Lipinski definition) is 2. The molecule has 1 aliphatic rings. The zero-order valence-electron chi connectivity index (χ0n) is 20.8. The normalized spacial score (nSPS) is 18.5. The molecule has 4 rings (SSSR count). The number of nitrogens with one attached hydrogen (secondary N) is 2. The highest BCUT2D eigenvalue weighted by atomic mass is 19.1. The Morgan fingerprint density at radius 1 is 1.11 bits per heavy atom. The van der Waals surface area contributed by atoms with Crippen LogP contribution in [-0.2, 0) is 10.2 Å². The van der Waals surface area contributed by atoms with Gasteiger partial charge < -0.3 is 10.1 Å². The first-order chi connectivity index (χ1) is 16.7. The molecule has 0 saturated carbocycles. The second-order valence-electron chi connectivity index (χ2n) is 10.0. The Morgan fingerprint density at radius 3 is 2.57 bits per heavy atom. The molecule has 1 aliphatic heterocycles. The van der Waals surface area contributed by atoms with Crippen LogP contribution in [0.4, 0.5) is 15.0 Å². The lowest BCUT2D eigenvalue weighted by Gasteiger charge is -2.20. The highest BCUT2D eigenvalue weighted by Crippen LogP contribution is 2.29. The van der Waals surface area contributed by atoms with Crippen molar-refractivity contribution in [3.05, 3.63) is 77.7 Å². The summed E-state index contributed by atoms with van der Waals surface area (Å²) in [6.45, 7) is 9.16. The van der Waals surface area contributed by atoms with Gasteiger partial charge in [0.05, 0.1) is 24.0 Å². The zero-order valence-corrected chi connectivity index (χ0v) is 20.8. The maximum Gasteiger partial charge on any atom is 0.320 e. The van der Waals surface area contributed by atoms with Crippen molar-refractivity contribution in [2.24, 2.45) is 0 Å². The number of anilines is 1. The first-order valence-electron chi connectivity index (χ1n) is 11.9. The van der Waals surface area contributed by atoms with Gasteiger partial charge in [-0.25, -0.2) is 13.9 Å². The van der Waals surface area contributed by atoms with Gasteiger partial charge in [0.15, 0.2) is 0 Å². The van der Waals surface area contributed by atoms with Crippen LogP contribution in [0.3, 0.4) is 0 Å². The lowest BCUT2D eigenvalue weighted by atomic mass is 9.92. The van der Waals surface area contributed by atoms with E-state index in [9.17, 15) is 9.18 Å². The fourth-order valence-electron chi connectivity index (χ4n) is 4.43. The standard InChI is InChI=1S/C27H34FN5O2/c1-27(2,3)24-16-25(33(31-24)21-12-8-11-20(28)15-21)30-26(34)29-23-18-32(13-14-35-4)17-22(23)19-9-6-5-7-10-19/h5-12,15-16,22-23H,13-14,17-18H2,1-4H3,(H2,29,30,34)/t22-,23+/m1/s1. The zero-order chi connectivity index (χ0) is 25.0. The van der Waals surface area contributed by atoms with E-state index in [1.165, 1.54) is 17.7 Å². The number of amides is 2. The molecule has 0 radical (unpaired) electrons. The topological polar surface area (TPSA) is 71.4 Å². The molecule has 2 aromatic carbocycles. The minimum Gasteiger partial charge on any atom is -0.383 e. The average molecular weight is 480 g/mol. The van der Waals surface area contributed by atoms with Crippen LogP contribution in [0, 0.1) is 5.82 Å². The molecule has 8 heteroatoms. The molecule has 35 heavy (non-hydrogen) atoms. The maximum absolute atomic E-state index is 13.9. The molecule has 1 saturated heterocycles. The van der Waals surface area contributed by atoms with Crippen molar-refractivity contribution in [2.75, 3.05) is 38.7 Å². The van der Waals surface area contributed by atoms with Crippen LogP contribution >= 0.6 is 0 Å². The summed E-state index contributed by atoms with van der Waals surface area (Å²) >= 11 is 0. The van der Waals surface area contributed by atoms with Crippen molar-refractivity contribution in [1.82, 2.24) is 20.0 Å². The maximum atomic E-state index is 13.9. The van der Waals surface area contributed by atoms with E-state index in [-0.39, 0.29) is 29.2 Å². The monoisotopic (exact) mass is 479 g/mol. The van der Waals surface area contributed by atoms with Gasteiger partial charge in [0.25, 0.3) is 0 Å². The Labute approximate surface area is 206 Å². The molecule has 0 bridgehead atoms. The number of nitrogens with zero attached hydrogens (tertiary/aromatic N) is 3. The summed E-state index contributed by atoms with van der Waals surface area (Å²) in [6.07, 6.45) is 0. The molecular weight excluding hydrogens is 445 g/mol. The summed E-state index contributed by atoms with van der Waals surface area (Å²) in [5.74, 6) is 0.291. The first-order valence-corrected chi connectivity index (χ1v) is 11.9. The second-order valence-corrected chi connectivity index (χ2v) is 10.0. The van der Waals surface area contributed by atoms with Gasteiger partial charge in [0, 0.05) is 44.1 Å². The second kappa shape index (κ2) is 10.6. The number of benzene rings is 2. The first kappa shape index (κ1) is 24.9. The number of methoxy groups -OCH3 is 1. The number of halogens is 1. The van der Waals surface area contributed by atoms with Crippen LogP contribution in [-0.4, -0.2) is 60.1 Å². The summed E-state index contributed by atoms with van der Waals surface area (Å²) in [6, 6.07) is 17.9. The molecule has 0 aliphatic carbocycles. The largest absolute Gasteiger partial charge is 0.383 e. The quantitative estimate of drug-likeness (QED) is 0.522. The smallest absolute Gasteiger partial charge is 0.320 e. The van der Waals surface area contributed by atoms with Crippen molar-refractivity contribution in [3.63, 3.8) is 0 Å². The SMILES string of the molecule is COCCN1C[C@H](NC(=O)Nc2cc(C(C)(C)C)nn2-c2cccc(F)c2)[C@@H](c2ccccc2)C1. The Hall–Kier alpha value is -3.23. The molecule has 2 heterocycles. The van der Waals surface area contributed by atoms with E-state index in [1.54, 1.807) is 23.9 Å². The van der Waals surface area contributed by atoms with Gasteiger partial charge in [0.2, 0.25) is 0 Å². The number of ether oxygens (including phenoxy) is 1. The van der Waals surface area contributed by atoms with Crippen LogP contribution < -0.4 is 10.6 Å². The summed E-state index contributed by atoms with van der Waals surface area (Å²) in [4.78, 5) is 15.5. The third-order valence-corrected chi connectivity index (χ3v) is 6.32. The molecule has 2 atom stereocenters. The van der Waals surface area contributed by atoms with Gasteiger partial charge >= 0.3 is 6.03 Å². The fourth-order valence-corrected chi connectivity index (χ4v) is 4.43. The fraction of sp³-hybridized carbons (Fsp3) is 0.407. The van der Waals surface area contributed by atoms with E-state index >= 15 is 0 Å². The highest BCUT2D eigenvalue weighted by molar-refractivity contribution is 5.89.